The molecule has 0 saturated carbocycles. The number of hydrogen-bond acceptors (Lipinski definition) is 5. The Bertz CT molecular complexity index is 702. The normalized spacial score (nSPS) is 14.6. The fourth-order valence-electron chi connectivity index (χ4n) is 2.95. The number of hydrogen-bond donors (Lipinski definition) is 1. The minimum atomic E-state index is -0.174. The van der Waals surface area contributed by atoms with E-state index in [1.54, 1.807) is 19.2 Å². The second-order valence-electron chi connectivity index (χ2n) is 5.88. The zero-order valence-electron chi connectivity index (χ0n) is 14.6. The quantitative estimate of drug-likeness (QED) is 0.808. The van der Waals surface area contributed by atoms with Crippen molar-refractivity contribution in [3.63, 3.8) is 0 Å². The zero-order chi connectivity index (χ0) is 17.6. The lowest BCUT2D eigenvalue weighted by molar-refractivity contribution is 0.0920. The van der Waals surface area contributed by atoms with Crippen LogP contribution in [-0.4, -0.2) is 57.2 Å². The Hall–Kier alpha value is -1.89. The summed E-state index contributed by atoms with van der Waals surface area (Å²) in [6.07, 6.45) is 1.50. The first-order valence-electron chi connectivity index (χ1n) is 8.30. The van der Waals surface area contributed by atoms with Crippen molar-refractivity contribution in [3.8, 4) is 5.75 Å². The van der Waals surface area contributed by atoms with Crippen molar-refractivity contribution in [3.05, 3.63) is 47.4 Å². The van der Waals surface area contributed by atoms with Crippen LogP contribution >= 0.6 is 24.0 Å². The topological polar surface area (TPSA) is 58.0 Å². The number of anilines is 1. The van der Waals surface area contributed by atoms with Crippen molar-refractivity contribution in [1.82, 2.24) is 10.2 Å². The van der Waals surface area contributed by atoms with Crippen molar-refractivity contribution in [2.24, 2.45) is 0 Å². The Morgan fingerprint density at radius 1 is 1.27 bits per heavy atom. The molecule has 2 aromatic rings. The summed E-state index contributed by atoms with van der Waals surface area (Å²) in [4.78, 5) is 16.4. The number of amides is 1. The molecule has 0 atom stereocenters. The molecular weight excluding hydrogens is 377 g/mol. The molecule has 3 rings (SSSR count). The van der Waals surface area contributed by atoms with Crippen LogP contribution in [0.25, 0.3) is 0 Å². The van der Waals surface area contributed by atoms with Crippen molar-refractivity contribution in [1.29, 1.82) is 0 Å². The molecule has 142 valence electrons. The average molecular weight is 400 g/mol. The van der Waals surface area contributed by atoms with E-state index in [0.29, 0.717) is 17.3 Å². The van der Waals surface area contributed by atoms with E-state index >= 15 is 0 Å². The molecule has 1 N–H and O–H groups in total. The highest BCUT2D eigenvalue weighted by atomic mass is 35.5. The van der Waals surface area contributed by atoms with Gasteiger partial charge in [-0.05, 0) is 30.3 Å². The summed E-state index contributed by atoms with van der Waals surface area (Å²) < 4.78 is 10.5. The fraction of sp³-hybridized carbons (Fsp3) is 0.389. The summed E-state index contributed by atoms with van der Waals surface area (Å²) in [6.45, 7) is 5.04. The fourth-order valence-corrected chi connectivity index (χ4v) is 3.11. The van der Waals surface area contributed by atoms with Crippen molar-refractivity contribution < 1.29 is 13.9 Å². The number of benzene rings is 1. The Morgan fingerprint density at radius 2 is 2.04 bits per heavy atom. The van der Waals surface area contributed by atoms with Gasteiger partial charge in [0, 0.05) is 44.3 Å². The molecule has 1 aromatic heterocycles. The summed E-state index contributed by atoms with van der Waals surface area (Å²) in [5, 5.41) is 3.58. The van der Waals surface area contributed by atoms with Crippen molar-refractivity contribution in [2.75, 3.05) is 51.3 Å². The van der Waals surface area contributed by atoms with Gasteiger partial charge in [-0.3, -0.25) is 9.69 Å². The molecule has 0 radical (unpaired) electrons. The van der Waals surface area contributed by atoms with Gasteiger partial charge in [0.1, 0.15) is 5.75 Å². The van der Waals surface area contributed by atoms with Gasteiger partial charge in [-0.2, -0.15) is 0 Å². The number of piperazine rings is 1. The van der Waals surface area contributed by atoms with E-state index in [1.807, 2.05) is 18.2 Å². The standard InChI is InChI=1S/C18H22ClN3O3.ClH/c1-24-16-5-4-14(19)13-15(16)22-10-8-21(9-11-22)7-6-20-18(23)17-3-2-12-25-17;/h2-5,12-13H,6-11H2,1H3,(H,20,23);1H. The van der Waals surface area contributed by atoms with E-state index in [-0.39, 0.29) is 18.3 Å². The number of furan rings is 1. The smallest absolute Gasteiger partial charge is 0.287 e. The molecular formula is C18H23Cl2N3O3. The Morgan fingerprint density at radius 3 is 2.69 bits per heavy atom. The van der Waals surface area contributed by atoms with E-state index in [1.165, 1.54) is 6.26 Å². The van der Waals surface area contributed by atoms with Gasteiger partial charge in [0.25, 0.3) is 5.91 Å². The number of carbonyl (C=O) groups is 1. The van der Waals surface area contributed by atoms with E-state index in [2.05, 4.69) is 15.1 Å². The number of halogens is 2. The van der Waals surface area contributed by atoms with E-state index in [0.717, 1.165) is 44.2 Å². The second kappa shape index (κ2) is 9.71. The monoisotopic (exact) mass is 399 g/mol. The first-order chi connectivity index (χ1) is 12.2. The first kappa shape index (κ1) is 20.4. The molecule has 0 unspecified atom stereocenters. The molecule has 8 heteroatoms. The van der Waals surface area contributed by atoms with Gasteiger partial charge in [0.15, 0.2) is 5.76 Å². The summed E-state index contributed by atoms with van der Waals surface area (Å²) in [6, 6.07) is 9.04. The van der Waals surface area contributed by atoms with Gasteiger partial charge in [0.05, 0.1) is 19.1 Å². The van der Waals surface area contributed by atoms with Gasteiger partial charge in [0.2, 0.25) is 0 Å². The number of rotatable bonds is 6. The maximum absolute atomic E-state index is 11.8. The molecule has 1 aromatic carbocycles. The Balaban J connectivity index is 0.00000243. The number of nitrogens with zero attached hydrogens (tertiary/aromatic N) is 2. The lowest BCUT2D eigenvalue weighted by atomic mass is 10.2. The summed E-state index contributed by atoms with van der Waals surface area (Å²) in [7, 11) is 1.67. The maximum atomic E-state index is 11.8. The SMILES string of the molecule is COc1ccc(Cl)cc1N1CCN(CCNC(=O)c2ccco2)CC1.Cl. The van der Waals surface area contributed by atoms with Gasteiger partial charge >= 0.3 is 0 Å². The maximum Gasteiger partial charge on any atom is 0.287 e. The van der Waals surface area contributed by atoms with Gasteiger partial charge in [-0.1, -0.05) is 11.6 Å². The summed E-state index contributed by atoms with van der Waals surface area (Å²) in [5.74, 6) is 1.01. The summed E-state index contributed by atoms with van der Waals surface area (Å²) >= 11 is 6.12. The number of nitrogens with one attached hydrogen (secondary N) is 1. The highest BCUT2D eigenvalue weighted by Crippen LogP contribution is 2.31. The molecule has 1 fully saturated rings. The number of carbonyl (C=O) groups excluding carboxylic acids is 1. The highest BCUT2D eigenvalue weighted by Gasteiger charge is 2.20. The van der Waals surface area contributed by atoms with E-state index in [4.69, 9.17) is 20.8 Å². The number of methoxy groups -OCH3 is 1. The van der Waals surface area contributed by atoms with Crippen molar-refractivity contribution in [2.45, 2.75) is 0 Å². The third kappa shape index (κ3) is 5.06. The van der Waals surface area contributed by atoms with E-state index in [9.17, 15) is 4.79 Å². The van der Waals surface area contributed by atoms with Gasteiger partial charge < -0.3 is 19.4 Å². The van der Waals surface area contributed by atoms with Crippen molar-refractivity contribution >= 4 is 35.6 Å². The predicted molar refractivity (Wildman–Crippen MR) is 105 cm³/mol. The Labute approximate surface area is 164 Å². The van der Waals surface area contributed by atoms with Crippen LogP contribution in [0, 0.1) is 0 Å². The lowest BCUT2D eigenvalue weighted by Crippen LogP contribution is -2.48. The minimum absolute atomic E-state index is 0. The second-order valence-corrected chi connectivity index (χ2v) is 6.31. The van der Waals surface area contributed by atoms with Crippen LogP contribution in [0.2, 0.25) is 5.02 Å². The molecule has 0 aliphatic carbocycles. The number of ether oxygens (including phenoxy) is 1. The molecule has 2 heterocycles. The van der Waals surface area contributed by atoms with Crippen LogP contribution in [0.3, 0.4) is 0 Å². The molecule has 1 saturated heterocycles. The van der Waals surface area contributed by atoms with E-state index < -0.39 is 0 Å². The molecule has 0 spiro atoms. The van der Waals surface area contributed by atoms with Gasteiger partial charge in [-0.25, -0.2) is 0 Å². The Kier molecular flexibility index (Phi) is 7.63. The first-order valence-corrected chi connectivity index (χ1v) is 8.67. The lowest BCUT2D eigenvalue weighted by Gasteiger charge is -2.36. The minimum Gasteiger partial charge on any atom is -0.495 e. The molecule has 1 aliphatic rings. The van der Waals surface area contributed by atoms with Crippen LogP contribution in [0.15, 0.2) is 41.0 Å². The van der Waals surface area contributed by atoms with Crippen LogP contribution in [-0.2, 0) is 0 Å². The third-order valence-corrected chi connectivity index (χ3v) is 4.55. The highest BCUT2D eigenvalue weighted by molar-refractivity contribution is 6.30. The average Bonchev–Trinajstić information content (AvgIpc) is 3.17. The molecule has 1 aliphatic heterocycles. The van der Waals surface area contributed by atoms with Crippen LogP contribution < -0.4 is 15.0 Å². The third-order valence-electron chi connectivity index (χ3n) is 4.31. The van der Waals surface area contributed by atoms with Crippen LogP contribution in [0.1, 0.15) is 10.6 Å². The predicted octanol–water partition coefficient (Wildman–Crippen LogP) is 2.92. The molecule has 6 nitrogen and oxygen atoms in total. The molecule has 1 amide bonds. The van der Waals surface area contributed by atoms with Gasteiger partial charge in [-0.15, -0.1) is 12.4 Å². The largest absolute Gasteiger partial charge is 0.495 e. The van der Waals surface area contributed by atoms with Crippen LogP contribution in [0.4, 0.5) is 5.69 Å². The molecule has 26 heavy (non-hydrogen) atoms. The van der Waals surface area contributed by atoms with Crippen LogP contribution in [0.5, 0.6) is 5.75 Å². The molecule has 0 bridgehead atoms. The summed E-state index contributed by atoms with van der Waals surface area (Å²) in [5.41, 5.74) is 1.03. The zero-order valence-corrected chi connectivity index (χ0v) is 16.2.